The first kappa shape index (κ1) is 18.8. The van der Waals surface area contributed by atoms with Crippen LogP contribution in [0.1, 0.15) is 12.0 Å². The molecule has 134 valence electrons. The third-order valence-electron chi connectivity index (χ3n) is 3.70. The van der Waals surface area contributed by atoms with E-state index in [-0.39, 0.29) is 12.5 Å². The molecule has 0 saturated carbocycles. The van der Waals surface area contributed by atoms with E-state index >= 15 is 0 Å². The zero-order chi connectivity index (χ0) is 17.9. The molecule has 0 atom stereocenters. The van der Waals surface area contributed by atoms with Gasteiger partial charge in [-0.1, -0.05) is 30.3 Å². The van der Waals surface area contributed by atoms with E-state index in [1.807, 2.05) is 42.5 Å². The van der Waals surface area contributed by atoms with E-state index in [2.05, 4.69) is 0 Å². The Hall–Kier alpha value is -2.53. The van der Waals surface area contributed by atoms with Crippen molar-refractivity contribution in [2.75, 3.05) is 33.9 Å². The molecule has 0 spiro atoms. The molecule has 0 fully saturated rings. The van der Waals surface area contributed by atoms with Crippen molar-refractivity contribution in [3.8, 4) is 11.5 Å². The third-order valence-corrected chi connectivity index (χ3v) is 3.70. The first-order chi connectivity index (χ1) is 12.2. The standard InChI is InChI=1S/C20H25NO4/c1-21(13-6-14-23-2)20(22)16-25-19-11-9-18(10-12-19)24-15-17-7-4-3-5-8-17/h3-5,7-12H,6,13-16H2,1-2H3. The SMILES string of the molecule is COCCCN(C)C(=O)COc1ccc(OCc2ccccc2)cc1. The maximum atomic E-state index is 12.0. The molecule has 0 aliphatic rings. The van der Waals surface area contributed by atoms with Crippen LogP contribution in [0.4, 0.5) is 0 Å². The normalized spacial score (nSPS) is 10.3. The minimum absolute atomic E-state index is 0.0215. The van der Waals surface area contributed by atoms with Gasteiger partial charge >= 0.3 is 0 Å². The fourth-order valence-corrected chi connectivity index (χ4v) is 2.20. The summed E-state index contributed by atoms with van der Waals surface area (Å²) < 4.78 is 16.2. The number of hydrogen-bond donors (Lipinski definition) is 0. The van der Waals surface area contributed by atoms with Gasteiger partial charge in [0.1, 0.15) is 18.1 Å². The molecule has 0 N–H and O–H groups in total. The van der Waals surface area contributed by atoms with Gasteiger partial charge in [-0.15, -0.1) is 0 Å². The summed E-state index contributed by atoms with van der Waals surface area (Å²) in [6.07, 6.45) is 0.812. The van der Waals surface area contributed by atoms with Crippen molar-refractivity contribution in [1.82, 2.24) is 4.90 Å². The second kappa shape index (κ2) is 10.4. The molecule has 1 amide bonds. The van der Waals surface area contributed by atoms with Crippen molar-refractivity contribution in [1.29, 1.82) is 0 Å². The highest BCUT2D eigenvalue weighted by molar-refractivity contribution is 5.77. The van der Waals surface area contributed by atoms with Crippen molar-refractivity contribution in [3.63, 3.8) is 0 Å². The Kier molecular flexibility index (Phi) is 7.79. The van der Waals surface area contributed by atoms with Crippen LogP contribution < -0.4 is 9.47 Å². The summed E-state index contributed by atoms with van der Waals surface area (Å²) in [6.45, 7) is 1.84. The Morgan fingerprint density at radius 1 is 0.960 bits per heavy atom. The van der Waals surface area contributed by atoms with Gasteiger partial charge in [0.15, 0.2) is 6.61 Å². The molecular weight excluding hydrogens is 318 g/mol. The lowest BCUT2D eigenvalue weighted by molar-refractivity contribution is -0.132. The van der Waals surface area contributed by atoms with Crippen LogP contribution in [0.5, 0.6) is 11.5 Å². The number of rotatable bonds is 10. The highest BCUT2D eigenvalue weighted by atomic mass is 16.5. The van der Waals surface area contributed by atoms with E-state index in [9.17, 15) is 4.79 Å². The smallest absolute Gasteiger partial charge is 0.260 e. The summed E-state index contributed by atoms with van der Waals surface area (Å²) in [7, 11) is 3.42. The molecular formula is C20H25NO4. The van der Waals surface area contributed by atoms with Gasteiger partial charge in [0.05, 0.1) is 0 Å². The highest BCUT2D eigenvalue weighted by Gasteiger charge is 2.09. The Balaban J connectivity index is 1.73. The number of likely N-dealkylation sites (N-methyl/N-ethyl adjacent to an activating group) is 1. The van der Waals surface area contributed by atoms with Crippen LogP contribution in [-0.4, -0.2) is 44.7 Å². The van der Waals surface area contributed by atoms with Crippen LogP contribution in [0.3, 0.4) is 0 Å². The largest absolute Gasteiger partial charge is 0.489 e. The van der Waals surface area contributed by atoms with Crippen LogP contribution >= 0.6 is 0 Å². The lowest BCUT2D eigenvalue weighted by atomic mass is 10.2. The zero-order valence-corrected chi connectivity index (χ0v) is 14.8. The van der Waals surface area contributed by atoms with Gasteiger partial charge in [-0.3, -0.25) is 4.79 Å². The molecule has 5 nitrogen and oxygen atoms in total. The number of methoxy groups -OCH3 is 1. The van der Waals surface area contributed by atoms with Gasteiger partial charge in [-0.25, -0.2) is 0 Å². The Morgan fingerprint density at radius 2 is 1.60 bits per heavy atom. The Labute approximate surface area is 149 Å². The van der Waals surface area contributed by atoms with Gasteiger partial charge < -0.3 is 19.1 Å². The predicted molar refractivity (Wildman–Crippen MR) is 96.8 cm³/mol. The van der Waals surface area contributed by atoms with Crippen LogP contribution in [0.15, 0.2) is 54.6 Å². The number of ether oxygens (including phenoxy) is 3. The number of carbonyl (C=O) groups excluding carboxylic acids is 1. The van der Waals surface area contributed by atoms with Crippen molar-refractivity contribution in [2.45, 2.75) is 13.0 Å². The van der Waals surface area contributed by atoms with Crippen molar-refractivity contribution in [3.05, 3.63) is 60.2 Å². The van der Waals surface area contributed by atoms with E-state index in [1.54, 1.807) is 31.2 Å². The van der Waals surface area contributed by atoms with E-state index in [0.29, 0.717) is 25.5 Å². The lowest BCUT2D eigenvalue weighted by Crippen LogP contribution is -2.32. The number of hydrogen-bond acceptors (Lipinski definition) is 4. The second-order valence-electron chi connectivity index (χ2n) is 5.70. The number of carbonyl (C=O) groups is 1. The lowest BCUT2D eigenvalue weighted by Gasteiger charge is -2.17. The molecule has 0 unspecified atom stereocenters. The number of nitrogens with zero attached hydrogens (tertiary/aromatic N) is 1. The van der Waals surface area contributed by atoms with Crippen LogP contribution in [0.25, 0.3) is 0 Å². The van der Waals surface area contributed by atoms with Crippen LogP contribution in [0.2, 0.25) is 0 Å². The van der Waals surface area contributed by atoms with Crippen LogP contribution in [-0.2, 0) is 16.1 Å². The van der Waals surface area contributed by atoms with E-state index < -0.39 is 0 Å². The third kappa shape index (κ3) is 6.85. The molecule has 0 radical (unpaired) electrons. The topological polar surface area (TPSA) is 48.0 Å². The first-order valence-electron chi connectivity index (χ1n) is 8.31. The average Bonchev–Trinajstić information content (AvgIpc) is 2.66. The quantitative estimate of drug-likeness (QED) is 0.622. The van der Waals surface area contributed by atoms with E-state index in [1.165, 1.54) is 0 Å². The van der Waals surface area contributed by atoms with E-state index in [0.717, 1.165) is 17.7 Å². The van der Waals surface area contributed by atoms with Gasteiger partial charge in [0, 0.05) is 27.3 Å². The Morgan fingerprint density at radius 3 is 2.24 bits per heavy atom. The summed E-state index contributed by atoms with van der Waals surface area (Å²) in [5.74, 6) is 1.35. The molecule has 2 aromatic carbocycles. The fraction of sp³-hybridized carbons (Fsp3) is 0.350. The molecule has 2 aromatic rings. The first-order valence-corrected chi connectivity index (χ1v) is 8.31. The van der Waals surface area contributed by atoms with E-state index in [4.69, 9.17) is 14.2 Å². The van der Waals surface area contributed by atoms with Crippen LogP contribution in [0, 0.1) is 0 Å². The molecule has 0 aromatic heterocycles. The molecule has 2 rings (SSSR count). The number of amides is 1. The van der Waals surface area contributed by atoms with Crippen molar-refractivity contribution >= 4 is 5.91 Å². The molecule has 0 heterocycles. The van der Waals surface area contributed by atoms with Gasteiger partial charge in [0.2, 0.25) is 0 Å². The minimum Gasteiger partial charge on any atom is -0.489 e. The van der Waals surface area contributed by atoms with Crippen molar-refractivity contribution in [2.24, 2.45) is 0 Å². The average molecular weight is 343 g/mol. The summed E-state index contributed by atoms with van der Waals surface area (Å²) in [4.78, 5) is 13.6. The molecule has 0 aliphatic heterocycles. The Bertz CT molecular complexity index is 628. The maximum Gasteiger partial charge on any atom is 0.260 e. The predicted octanol–water partition coefficient (Wildman–Crippen LogP) is 3.14. The second-order valence-corrected chi connectivity index (χ2v) is 5.70. The van der Waals surface area contributed by atoms with Crippen molar-refractivity contribution < 1.29 is 19.0 Å². The monoisotopic (exact) mass is 343 g/mol. The summed E-state index contributed by atoms with van der Waals surface area (Å²) in [5, 5.41) is 0. The molecule has 5 heteroatoms. The summed E-state index contributed by atoms with van der Waals surface area (Å²) >= 11 is 0. The maximum absolute atomic E-state index is 12.0. The minimum atomic E-state index is -0.0551. The number of benzene rings is 2. The van der Waals surface area contributed by atoms with Gasteiger partial charge in [0.25, 0.3) is 5.91 Å². The molecule has 0 aliphatic carbocycles. The molecule has 0 bridgehead atoms. The highest BCUT2D eigenvalue weighted by Crippen LogP contribution is 2.18. The fourth-order valence-electron chi connectivity index (χ4n) is 2.20. The summed E-state index contributed by atoms with van der Waals surface area (Å²) in [5.41, 5.74) is 1.12. The molecule has 25 heavy (non-hydrogen) atoms. The summed E-state index contributed by atoms with van der Waals surface area (Å²) in [6, 6.07) is 17.3. The zero-order valence-electron chi connectivity index (χ0n) is 14.8. The molecule has 0 saturated heterocycles. The van der Waals surface area contributed by atoms with Gasteiger partial charge in [-0.2, -0.15) is 0 Å². The van der Waals surface area contributed by atoms with Gasteiger partial charge in [-0.05, 0) is 36.2 Å².